The molecule has 0 aromatic carbocycles. The van der Waals surface area contributed by atoms with E-state index in [1.165, 1.54) is 7.11 Å². The van der Waals surface area contributed by atoms with Crippen molar-refractivity contribution in [3.05, 3.63) is 36.5 Å². The van der Waals surface area contributed by atoms with Crippen LogP contribution >= 0.6 is 0 Å². The number of carboxylic acid groups (broad SMARTS) is 1. The lowest BCUT2D eigenvalue weighted by molar-refractivity contribution is -0.139. The number of hydrogen-bond donors (Lipinski definition) is 1. The predicted octanol–water partition coefficient (Wildman–Crippen LogP) is 3.04. The van der Waals surface area contributed by atoms with Crippen LogP contribution < -0.4 is 0 Å². The Morgan fingerprint density at radius 3 is 2.04 bits per heavy atom. The molecule has 0 rings (SSSR count). The number of esters is 2. The van der Waals surface area contributed by atoms with E-state index in [1.54, 1.807) is 6.92 Å². The zero-order valence-corrected chi connectivity index (χ0v) is 14.1. The van der Waals surface area contributed by atoms with E-state index in [2.05, 4.69) is 24.8 Å². The molecule has 0 heterocycles. The van der Waals surface area contributed by atoms with E-state index >= 15 is 0 Å². The average Bonchev–Trinajstić information content (AvgIpc) is 2.51. The molecule has 23 heavy (non-hydrogen) atoms. The molecule has 6 heteroatoms. The normalized spacial score (nSPS) is 9.52. The molecular weight excluding hydrogens is 300 g/mol. The molecule has 0 spiro atoms. The summed E-state index contributed by atoms with van der Waals surface area (Å²) in [6.45, 7) is 10.8. The van der Waals surface area contributed by atoms with E-state index in [-0.39, 0.29) is 11.5 Å². The van der Waals surface area contributed by atoms with E-state index in [0.29, 0.717) is 12.2 Å². The summed E-state index contributed by atoms with van der Waals surface area (Å²) in [6, 6.07) is 0. The van der Waals surface area contributed by atoms with E-state index in [4.69, 9.17) is 9.84 Å². The lowest BCUT2D eigenvalue weighted by Crippen LogP contribution is -2.07. The molecule has 0 fully saturated rings. The third-order valence-corrected chi connectivity index (χ3v) is 2.45. The van der Waals surface area contributed by atoms with E-state index in [9.17, 15) is 14.4 Å². The summed E-state index contributed by atoms with van der Waals surface area (Å²) in [7, 11) is 1.33. The highest BCUT2D eigenvalue weighted by molar-refractivity contribution is 5.93. The zero-order chi connectivity index (χ0) is 18.3. The van der Waals surface area contributed by atoms with Gasteiger partial charge in [-0.2, -0.15) is 0 Å². The van der Waals surface area contributed by atoms with Crippen LogP contribution in [0.3, 0.4) is 0 Å². The van der Waals surface area contributed by atoms with Gasteiger partial charge in [-0.3, -0.25) is 0 Å². The molecule has 0 aliphatic rings. The Morgan fingerprint density at radius 2 is 1.65 bits per heavy atom. The molecule has 0 aliphatic carbocycles. The van der Waals surface area contributed by atoms with Crippen molar-refractivity contribution in [3.63, 3.8) is 0 Å². The topological polar surface area (TPSA) is 89.9 Å². The van der Waals surface area contributed by atoms with Crippen LogP contribution in [0.15, 0.2) is 36.5 Å². The van der Waals surface area contributed by atoms with E-state index in [1.807, 2.05) is 0 Å². The van der Waals surface area contributed by atoms with Crippen molar-refractivity contribution in [3.8, 4) is 0 Å². The number of ether oxygens (including phenoxy) is 2. The molecule has 1 N–H and O–H groups in total. The number of rotatable bonds is 9. The summed E-state index contributed by atoms with van der Waals surface area (Å²) >= 11 is 0. The number of unbranched alkanes of at least 4 members (excludes halogenated alkanes) is 3. The number of methoxy groups -OCH3 is 1. The van der Waals surface area contributed by atoms with Gasteiger partial charge < -0.3 is 14.6 Å². The molecule has 0 atom stereocenters. The van der Waals surface area contributed by atoms with Crippen LogP contribution in [0.2, 0.25) is 0 Å². The zero-order valence-electron chi connectivity index (χ0n) is 14.1. The van der Waals surface area contributed by atoms with Gasteiger partial charge in [0.2, 0.25) is 0 Å². The minimum Gasteiger partial charge on any atom is -0.478 e. The van der Waals surface area contributed by atoms with Crippen molar-refractivity contribution in [1.82, 2.24) is 0 Å². The van der Waals surface area contributed by atoms with Crippen molar-refractivity contribution < 1.29 is 29.0 Å². The van der Waals surface area contributed by atoms with Gasteiger partial charge in [0, 0.05) is 11.6 Å². The third-order valence-electron chi connectivity index (χ3n) is 2.45. The predicted molar refractivity (Wildman–Crippen MR) is 87.8 cm³/mol. The largest absolute Gasteiger partial charge is 0.478 e. The van der Waals surface area contributed by atoms with Crippen LogP contribution in [0.1, 0.15) is 39.5 Å². The summed E-state index contributed by atoms with van der Waals surface area (Å²) < 4.78 is 9.17. The fraction of sp³-hybridized carbons (Fsp3) is 0.471. The van der Waals surface area contributed by atoms with Crippen LogP contribution in [-0.4, -0.2) is 36.7 Å². The molecular formula is C17H26O6. The average molecular weight is 326 g/mol. The second-order valence-corrected chi connectivity index (χ2v) is 4.67. The van der Waals surface area contributed by atoms with Crippen LogP contribution in [0.4, 0.5) is 0 Å². The number of carboxylic acids is 1. The monoisotopic (exact) mass is 326 g/mol. The van der Waals surface area contributed by atoms with Crippen molar-refractivity contribution >= 4 is 17.9 Å². The van der Waals surface area contributed by atoms with Crippen LogP contribution in [0.25, 0.3) is 0 Å². The lowest BCUT2D eigenvalue weighted by atomic mass is 10.2. The Morgan fingerprint density at radius 1 is 1.04 bits per heavy atom. The Kier molecular flexibility index (Phi) is 14.5. The van der Waals surface area contributed by atoms with Crippen LogP contribution in [-0.2, 0) is 23.9 Å². The van der Waals surface area contributed by atoms with Gasteiger partial charge in [-0.1, -0.05) is 39.3 Å². The van der Waals surface area contributed by atoms with Gasteiger partial charge in [0.15, 0.2) is 0 Å². The van der Waals surface area contributed by atoms with Crippen LogP contribution in [0, 0.1) is 0 Å². The molecule has 130 valence electrons. The lowest BCUT2D eigenvalue weighted by Gasteiger charge is -2.03. The molecule has 0 saturated carbocycles. The molecule has 0 aliphatic heterocycles. The van der Waals surface area contributed by atoms with Gasteiger partial charge in [-0.25, -0.2) is 14.4 Å². The maximum absolute atomic E-state index is 11.2. The third kappa shape index (κ3) is 15.8. The Bertz CT molecular complexity index is 448. The fourth-order valence-corrected chi connectivity index (χ4v) is 1.20. The minimum atomic E-state index is -1.11. The van der Waals surface area contributed by atoms with Gasteiger partial charge in [0.25, 0.3) is 0 Å². The van der Waals surface area contributed by atoms with Crippen molar-refractivity contribution in [2.24, 2.45) is 0 Å². The molecule has 0 unspecified atom stereocenters. The molecule has 0 aromatic heterocycles. The molecule has 0 amide bonds. The Balaban J connectivity index is 0. The standard InChI is InChI=1S/C12H18O4.C5H8O2/c1-3-4-5-6-9-16-12(15)10(2)7-8-11(13)14;1-4(2)5(6)7-3/h7-8H,2-6,9H2,1H3,(H,13,14);1H2,2-3H3. The van der Waals surface area contributed by atoms with Gasteiger partial charge in [-0.05, 0) is 19.4 Å². The summed E-state index contributed by atoms with van der Waals surface area (Å²) in [5.41, 5.74) is 0.486. The quantitative estimate of drug-likeness (QED) is 0.303. The van der Waals surface area contributed by atoms with Gasteiger partial charge in [0.05, 0.1) is 19.3 Å². The first-order valence-corrected chi connectivity index (χ1v) is 7.27. The number of carbonyl (C=O) groups is 3. The maximum Gasteiger partial charge on any atom is 0.337 e. The first kappa shape index (κ1) is 22.9. The van der Waals surface area contributed by atoms with E-state index < -0.39 is 11.9 Å². The number of carbonyl (C=O) groups excluding carboxylic acids is 2. The van der Waals surface area contributed by atoms with Gasteiger partial charge in [0.1, 0.15) is 0 Å². The highest BCUT2D eigenvalue weighted by Gasteiger charge is 2.05. The van der Waals surface area contributed by atoms with Gasteiger partial charge >= 0.3 is 17.9 Å². The molecule has 0 aromatic rings. The second-order valence-electron chi connectivity index (χ2n) is 4.67. The first-order chi connectivity index (χ1) is 10.8. The summed E-state index contributed by atoms with van der Waals surface area (Å²) in [5, 5.41) is 8.34. The Labute approximate surface area is 137 Å². The Hall–Kier alpha value is -2.37. The molecule has 0 saturated heterocycles. The smallest absolute Gasteiger partial charge is 0.337 e. The van der Waals surface area contributed by atoms with Gasteiger partial charge in [-0.15, -0.1) is 0 Å². The second kappa shape index (κ2) is 14.6. The maximum atomic E-state index is 11.2. The first-order valence-electron chi connectivity index (χ1n) is 7.27. The number of hydrogen-bond acceptors (Lipinski definition) is 5. The SMILES string of the molecule is C=C(C)C(=O)OC.C=C(C=CC(=O)O)C(=O)OCCCCCC. The van der Waals surface area contributed by atoms with E-state index in [0.717, 1.165) is 37.8 Å². The van der Waals surface area contributed by atoms with Crippen molar-refractivity contribution in [2.45, 2.75) is 39.5 Å². The summed E-state index contributed by atoms with van der Waals surface area (Å²) in [6.07, 6.45) is 6.10. The highest BCUT2D eigenvalue weighted by Crippen LogP contribution is 2.02. The van der Waals surface area contributed by atoms with Crippen molar-refractivity contribution in [1.29, 1.82) is 0 Å². The summed E-state index contributed by atoms with van der Waals surface area (Å²) in [4.78, 5) is 31.6. The molecule has 0 bridgehead atoms. The molecule has 0 radical (unpaired) electrons. The van der Waals surface area contributed by atoms with Crippen LogP contribution in [0.5, 0.6) is 0 Å². The summed E-state index contributed by atoms with van der Waals surface area (Å²) in [5.74, 6) is -2.02. The number of aliphatic carboxylic acids is 1. The highest BCUT2D eigenvalue weighted by atomic mass is 16.5. The minimum absolute atomic E-state index is 0.0536. The fourth-order valence-electron chi connectivity index (χ4n) is 1.20. The molecule has 6 nitrogen and oxygen atoms in total. The van der Waals surface area contributed by atoms with Crippen molar-refractivity contribution in [2.75, 3.05) is 13.7 Å².